The van der Waals surface area contributed by atoms with E-state index in [1.807, 2.05) is 30.3 Å². The van der Waals surface area contributed by atoms with E-state index in [0.717, 1.165) is 9.87 Å². The Morgan fingerprint density at radius 1 is 0.810 bits per heavy atom. The van der Waals surface area contributed by atoms with Crippen molar-refractivity contribution in [3.8, 4) is 11.5 Å². The number of hydrogen-bond acceptors (Lipinski definition) is 7. The minimum Gasteiger partial charge on any atom is -0.497 e. The van der Waals surface area contributed by atoms with Gasteiger partial charge in [-0.3, -0.25) is 13.9 Å². The first-order chi connectivity index (χ1) is 20.3. The third-order valence-corrected chi connectivity index (χ3v) is 7.75. The molecule has 4 aromatic carbocycles. The summed E-state index contributed by atoms with van der Waals surface area (Å²) in [7, 11) is -2.58. The number of nitrogens with one attached hydrogen (secondary N) is 2. The molecular formula is C31H30N4O6S. The molecule has 0 spiro atoms. The molecule has 4 aromatic rings. The summed E-state index contributed by atoms with van der Waals surface area (Å²) in [6, 6.07) is 30.6. The average Bonchev–Trinajstić information content (AvgIpc) is 3.03. The van der Waals surface area contributed by atoms with Crippen molar-refractivity contribution >= 4 is 33.7 Å². The molecule has 0 bridgehead atoms. The van der Waals surface area contributed by atoms with Crippen molar-refractivity contribution in [1.82, 2.24) is 10.7 Å². The summed E-state index contributed by atoms with van der Waals surface area (Å²) in [4.78, 5) is 24.8. The van der Waals surface area contributed by atoms with Crippen LogP contribution in [0.5, 0.6) is 11.5 Å². The number of carbonyl (C=O) groups is 2. The number of amides is 2. The molecule has 216 valence electrons. The van der Waals surface area contributed by atoms with Gasteiger partial charge in [0, 0.05) is 6.54 Å². The number of benzene rings is 4. The minimum absolute atomic E-state index is 0.0134. The monoisotopic (exact) mass is 586 g/mol. The summed E-state index contributed by atoms with van der Waals surface area (Å²) in [6.45, 7) is -0.205. The number of methoxy groups -OCH3 is 1. The van der Waals surface area contributed by atoms with Crippen LogP contribution in [0.25, 0.3) is 0 Å². The second kappa shape index (κ2) is 14.5. The van der Waals surface area contributed by atoms with Gasteiger partial charge in [-0.1, -0.05) is 48.5 Å². The lowest BCUT2D eigenvalue weighted by atomic mass is 10.2. The van der Waals surface area contributed by atoms with Gasteiger partial charge in [0.05, 0.1) is 23.9 Å². The molecule has 0 heterocycles. The molecule has 0 aromatic heterocycles. The van der Waals surface area contributed by atoms with Crippen LogP contribution in [0.1, 0.15) is 11.1 Å². The highest BCUT2D eigenvalue weighted by atomic mass is 32.2. The summed E-state index contributed by atoms with van der Waals surface area (Å²) >= 11 is 0. The van der Waals surface area contributed by atoms with Crippen LogP contribution in [-0.2, 0) is 26.2 Å². The maximum atomic E-state index is 13.4. The van der Waals surface area contributed by atoms with E-state index in [9.17, 15) is 18.0 Å². The third kappa shape index (κ3) is 8.42. The Labute approximate surface area is 244 Å². The lowest BCUT2D eigenvalue weighted by Crippen LogP contribution is -2.39. The van der Waals surface area contributed by atoms with Crippen LogP contribution in [0.3, 0.4) is 0 Å². The lowest BCUT2D eigenvalue weighted by Gasteiger charge is -2.23. The molecule has 11 heteroatoms. The van der Waals surface area contributed by atoms with E-state index in [0.29, 0.717) is 29.3 Å². The van der Waals surface area contributed by atoms with Crippen molar-refractivity contribution < 1.29 is 27.5 Å². The largest absolute Gasteiger partial charge is 0.497 e. The van der Waals surface area contributed by atoms with Gasteiger partial charge in [0.15, 0.2) is 6.61 Å². The number of rotatable bonds is 13. The Bertz CT molecular complexity index is 1600. The highest BCUT2D eigenvalue weighted by Crippen LogP contribution is 2.24. The van der Waals surface area contributed by atoms with Crippen molar-refractivity contribution in [3.63, 3.8) is 0 Å². The summed E-state index contributed by atoms with van der Waals surface area (Å²) in [6.07, 6.45) is 1.42. The van der Waals surface area contributed by atoms with Crippen LogP contribution in [0.15, 0.2) is 119 Å². The van der Waals surface area contributed by atoms with Gasteiger partial charge in [0.1, 0.15) is 18.0 Å². The van der Waals surface area contributed by atoms with Crippen molar-refractivity contribution in [2.45, 2.75) is 11.4 Å². The Kier molecular flexibility index (Phi) is 10.3. The third-order valence-electron chi connectivity index (χ3n) is 5.96. The number of hydrazone groups is 1. The van der Waals surface area contributed by atoms with Crippen LogP contribution < -0.4 is 24.5 Å². The normalized spacial score (nSPS) is 11.1. The topological polar surface area (TPSA) is 126 Å². The molecule has 0 aliphatic rings. The average molecular weight is 587 g/mol. The Morgan fingerprint density at radius 3 is 2.07 bits per heavy atom. The molecule has 0 atom stereocenters. The summed E-state index contributed by atoms with van der Waals surface area (Å²) in [5.41, 5.74) is 4.35. The van der Waals surface area contributed by atoms with E-state index in [1.54, 1.807) is 54.6 Å². The predicted octanol–water partition coefficient (Wildman–Crippen LogP) is 3.74. The lowest BCUT2D eigenvalue weighted by molar-refractivity contribution is -0.123. The van der Waals surface area contributed by atoms with E-state index in [1.165, 1.54) is 37.6 Å². The maximum absolute atomic E-state index is 13.4. The zero-order chi connectivity index (χ0) is 29.8. The number of hydrogen-bond donors (Lipinski definition) is 2. The molecule has 0 unspecified atom stereocenters. The number of para-hydroxylation sites is 1. The molecular weight excluding hydrogens is 556 g/mol. The van der Waals surface area contributed by atoms with Crippen LogP contribution in [0.2, 0.25) is 0 Å². The van der Waals surface area contributed by atoms with Gasteiger partial charge in [0.25, 0.3) is 21.8 Å². The van der Waals surface area contributed by atoms with E-state index in [2.05, 4.69) is 15.8 Å². The number of sulfonamides is 1. The molecule has 4 rings (SSSR count). The summed E-state index contributed by atoms with van der Waals surface area (Å²) in [5.74, 6) is 0.129. The highest BCUT2D eigenvalue weighted by Gasteiger charge is 2.27. The zero-order valence-electron chi connectivity index (χ0n) is 22.8. The quantitative estimate of drug-likeness (QED) is 0.182. The molecule has 10 nitrogen and oxygen atoms in total. The standard InChI is InChI=1S/C31H30N4O6S/c1-40-27-16-18-29(19-17-27)42(38,39)35(26-10-6-3-7-11-26)22-30(36)34-33-21-25-12-14-28(15-13-25)41-23-31(37)32-20-24-8-4-2-5-9-24/h2-19,21H,20,22-23H2,1H3,(H,32,37)(H,34,36)/b33-21-. The van der Waals surface area contributed by atoms with Gasteiger partial charge < -0.3 is 14.8 Å². The second-order valence-corrected chi connectivity index (χ2v) is 10.8. The maximum Gasteiger partial charge on any atom is 0.264 e. The summed E-state index contributed by atoms with van der Waals surface area (Å²) < 4.78 is 38.5. The van der Waals surface area contributed by atoms with Crippen LogP contribution >= 0.6 is 0 Å². The van der Waals surface area contributed by atoms with Gasteiger partial charge in [-0.05, 0) is 71.8 Å². The molecule has 42 heavy (non-hydrogen) atoms. The van der Waals surface area contributed by atoms with Crippen molar-refractivity contribution in [3.05, 3.63) is 120 Å². The van der Waals surface area contributed by atoms with Gasteiger partial charge in [-0.15, -0.1) is 0 Å². The number of nitrogens with zero attached hydrogens (tertiary/aromatic N) is 2. The fourth-order valence-corrected chi connectivity index (χ4v) is 5.20. The molecule has 0 fully saturated rings. The van der Waals surface area contributed by atoms with Crippen molar-refractivity contribution in [2.75, 3.05) is 24.6 Å². The molecule has 0 aliphatic heterocycles. The number of carbonyl (C=O) groups excluding carboxylic acids is 2. The molecule has 2 N–H and O–H groups in total. The van der Waals surface area contributed by atoms with Gasteiger partial charge >= 0.3 is 0 Å². The van der Waals surface area contributed by atoms with Crippen LogP contribution in [0.4, 0.5) is 5.69 Å². The second-order valence-electron chi connectivity index (χ2n) is 8.94. The molecule has 0 aliphatic carbocycles. The number of anilines is 1. The smallest absolute Gasteiger partial charge is 0.264 e. The van der Waals surface area contributed by atoms with Crippen LogP contribution in [0, 0.1) is 0 Å². The molecule has 0 saturated heterocycles. The fourth-order valence-electron chi connectivity index (χ4n) is 3.78. The van der Waals surface area contributed by atoms with Crippen molar-refractivity contribution in [1.29, 1.82) is 0 Å². The molecule has 0 radical (unpaired) electrons. The Hall–Kier alpha value is -5.16. The number of ether oxygens (including phenoxy) is 2. The van der Waals surface area contributed by atoms with E-state index < -0.39 is 22.5 Å². The Balaban J connectivity index is 1.31. The Morgan fingerprint density at radius 2 is 1.43 bits per heavy atom. The van der Waals surface area contributed by atoms with Crippen LogP contribution in [-0.4, -0.2) is 46.7 Å². The van der Waals surface area contributed by atoms with E-state index >= 15 is 0 Å². The molecule has 2 amide bonds. The first-order valence-electron chi connectivity index (χ1n) is 12.9. The predicted molar refractivity (Wildman–Crippen MR) is 160 cm³/mol. The van der Waals surface area contributed by atoms with Gasteiger partial charge in [-0.2, -0.15) is 5.10 Å². The fraction of sp³-hybridized carbons (Fsp3) is 0.129. The van der Waals surface area contributed by atoms with E-state index in [-0.39, 0.29) is 17.4 Å². The first kappa shape index (κ1) is 29.8. The van der Waals surface area contributed by atoms with E-state index in [4.69, 9.17) is 9.47 Å². The highest BCUT2D eigenvalue weighted by molar-refractivity contribution is 7.92. The van der Waals surface area contributed by atoms with Gasteiger partial charge in [0.2, 0.25) is 0 Å². The zero-order valence-corrected chi connectivity index (χ0v) is 23.7. The SMILES string of the molecule is COc1ccc(S(=O)(=O)N(CC(=O)N/N=C\c2ccc(OCC(=O)NCc3ccccc3)cc2)c2ccccc2)cc1. The minimum atomic E-state index is -4.06. The van der Waals surface area contributed by atoms with Gasteiger partial charge in [-0.25, -0.2) is 13.8 Å². The summed E-state index contributed by atoms with van der Waals surface area (Å²) in [5, 5.41) is 6.75. The first-order valence-corrected chi connectivity index (χ1v) is 14.4. The molecule has 0 saturated carbocycles. The van der Waals surface area contributed by atoms with Crippen molar-refractivity contribution in [2.24, 2.45) is 5.10 Å².